The van der Waals surface area contributed by atoms with Crippen molar-refractivity contribution in [3.8, 4) is 0 Å². The number of aromatic nitrogens is 3. The van der Waals surface area contributed by atoms with E-state index in [1.165, 1.54) is 16.7 Å². The lowest BCUT2D eigenvalue weighted by atomic mass is 10.1. The molecule has 0 aliphatic carbocycles. The SMILES string of the molecule is c1cnc(N2CCOCC2)c(CNCc2ccc(Cn3cccn3)cc2)c1. The third-order valence-electron chi connectivity index (χ3n) is 4.75. The first-order valence-corrected chi connectivity index (χ1v) is 9.41. The van der Waals surface area contributed by atoms with Crippen LogP contribution in [0.15, 0.2) is 61.1 Å². The second-order valence-electron chi connectivity index (χ2n) is 6.71. The van der Waals surface area contributed by atoms with Crippen molar-refractivity contribution >= 4 is 5.82 Å². The third-order valence-corrected chi connectivity index (χ3v) is 4.75. The lowest BCUT2D eigenvalue weighted by Gasteiger charge is -2.29. The largest absolute Gasteiger partial charge is 0.378 e. The molecule has 0 bridgehead atoms. The highest BCUT2D eigenvalue weighted by Crippen LogP contribution is 2.18. The van der Waals surface area contributed by atoms with Gasteiger partial charge in [-0.25, -0.2) is 4.98 Å². The predicted molar refractivity (Wildman–Crippen MR) is 106 cm³/mol. The van der Waals surface area contributed by atoms with Crippen molar-refractivity contribution in [1.82, 2.24) is 20.1 Å². The number of benzene rings is 1. The molecule has 0 atom stereocenters. The molecule has 0 spiro atoms. The monoisotopic (exact) mass is 363 g/mol. The second kappa shape index (κ2) is 8.79. The first-order valence-electron chi connectivity index (χ1n) is 9.41. The Kier molecular flexibility index (Phi) is 5.76. The summed E-state index contributed by atoms with van der Waals surface area (Å²) in [6.07, 6.45) is 5.66. The molecule has 3 heterocycles. The molecule has 6 heteroatoms. The third kappa shape index (κ3) is 4.72. The fourth-order valence-electron chi connectivity index (χ4n) is 3.31. The molecule has 1 aliphatic heterocycles. The summed E-state index contributed by atoms with van der Waals surface area (Å²) in [7, 11) is 0. The number of ether oxygens (including phenoxy) is 1. The molecule has 1 fully saturated rings. The summed E-state index contributed by atoms with van der Waals surface area (Å²) in [6.45, 7) is 5.79. The Hall–Kier alpha value is -2.70. The summed E-state index contributed by atoms with van der Waals surface area (Å²) < 4.78 is 7.39. The van der Waals surface area contributed by atoms with Gasteiger partial charge in [0.15, 0.2) is 0 Å². The molecule has 0 saturated carbocycles. The average molecular weight is 363 g/mol. The number of rotatable bonds is 7. The minimum absolute atomic E-state index is 0.772. The maximum Gasteiger partial charge on any atom is 0.133 e. The van der Waals surface area contributed by atoms with Crippen LogP contribution in [-0.4, -0.2) is 41.1 Å². The van der Waals surface area contributed by atoms with E-state index < -0.39 is 0 Å². The van der Waals surface area contributed by atoms with Crippen molar-refractivity contribution in [3.05, 3.63) is 77.7 Å². The molecule has 2 aromatic heterocycles. The van der Waals surface area contributed by atoms with Gasteiger partial charge in [-0.2, -0.15) is 5.10 Å². The first-order chi connectivity index (χ1) is 13.4. The molecule has 0 unspecified atom stereocenters. The molecule has 140 valence electrons. The van der Waals surface area contributed by atoms with Gasteiger partial charge in [0.1, 0.15) is 5.82 Å². The van der Waals surface area contributed by atoms with Crippen LogP contribution in [0.1, 0.15) is 16.7 Å². The molecular formula is C21H25N5O. The Morgan fingerprint density at radius 3 is 2.52 bits per heavy atom. The first kappa shape index (κ1) is 17.7. The van der Waals surface area contributed by atoms with Crippen LogP contribution in [0, 0.1) is 0 Å². The van der Waals surface area contributed by atoms with Gasteiger partial charge >= 0.3 is 0 Å². The maximum absolute atomic E-state index is 5.45. The zero-order chi connectivity index (χ0) is 18.3. The average Bonchev–Trinajstić information content (AvgIpc) is 3.23. The van der Waals surface area contributed by atoms with Crippen LogP contribution in [0.4, 0.5) is 5.82 Å². The minimum atomic E-state index is 0.772. The van der Waals surface area contributed by atoms with Gasteiger partial charge < -0.3 is 15.0 Å². The van der Waals surface area contributed by atoms with Crippen LogP contribution in [0.25, 0.3) is 0 Å². The van der Waals surface area contributed by atoms with Gasteiger partial charge in [-0.1, -0.05) is 30.3 Å². The van der Waals surface area contributed by atoms with Gasteiger partial charge in [-0.3, -0.25) is 4.68 Å². The molecule has 0 amide bonds. The molecule has 1 aromatic carbocycles. The molecule has 4 rings (SSSR count). The lowest BCUT2D eigenvalue weighted by molar-refractivity contribution is 0.122. The summed E-state index contributed by atoms with van der Waals surface area (Å²) in [4.78, 5) is 6.91. The van der Waals surface area contributed by atoms with Crippen molar-refractivity contribution in [1.29, 1.82) is 0 Å². The van der Waals surface area contributed by atoms with E-state index in [-0.39, 0.29) is 0 Å². The molecule has 1 aliphatic rings. The Labute approximate surface area is 159 Å². The lowest BCUT2D eigenvalue weighted by Crippen LogP contribution is -2.37. The highest BCUT2D eigenvalue weighted by Gasteiger charge is 2.15. The quantitative estimate of drug-likeness (QED) is 0.699. The van der Waals surface area contributed by atoms with Gasteiger partial charge in [0.05, 0.1) is 19.8 Å². The number of nitrogens with one attached hydrogen (secondary N) is 1. The summed E-state index contributed by atoms with van der Waals surface area (Å²) in [5.41, 5.74) is 3.76. The fraction of sp³-hybridized carbons (Fsp3) is 0.333. The van der Waals surface area contributed by atoms with Gasteiger partial charge in [-0.15, -0.1) is 0 Å². The van der Waals surface area contributed by atoms with Crippen LogP contribution in [0.3, 0.4) is 0 Å². The van der Waals surface area contributed by atoms with Crippen LogP contribution in [-0.2, 0) is 24.4 Å². The second-order valence-corrected chi connectivity index (χ2v) is 6.71. The number of anilines is 1. The highest BCUT2D eigenvalue weighted by atomic mass is 16.5. The van der Waals surface area contributed by atoms with Gasteiger partial charge in [0, 0.05) is 50.3 Å². The predicted octanol–water partition coefficient (Wildman–Crippen LogP) is 2.45. The minimum Gasteiger partial charge on any atom is -0.378 e. The van der Waals surface area contributed by atoms with E-state index >= 15 is 0 Å². The van der Waals surface area contributed by atoms with E-state index in [1.807, 2.05) is 35.4 Å². The summed E-state index contributed by atoms with van der Waals surface area (Å²) >= 11 is 0. The maximum atomic E-state index is 5.45. The van der Waals surface area contributed by atoms with Crippen LogP contribution < -0.4 is 10.2 Å². The number of nitrogens with zero attached hydrogens (tertiary/aromatic N) is 4. The number of hydrogen-bond donors (Lipinski definition) is 1. The standard InChI is InChI=1S/C21H25N5O/c1-3-20(21(23-8-1)25-11-13-27-14-12-25)16-22-15-18-4-6-19(7-5-18)17-26-10-2-9-24-26/h1-10,22H,11-17H2. The van der Waals surface area contributed by atoms with Crippen LogP contribution >= 0.6 is 0 Å². The number of pyridine rings is 1. The van der Waals surface area contributed by atoms with E-state index in [1.54, 1.807) is 0 Å². The normalized spacial score (nSPS) is 14.4. The Morgan fingerprint density at radius 2 is 1.74 bits per heavy atom. The van der Waals surface area contributed by atoms with Gasteiger partial charge in [-0.05, 0) is 23.3 Å². The van der Waals surface area contributed by atoms with Crippen molar-refractivity contribution in [2.24, 2.45) is 0 Å². The van der Waals surface area contributed by atoms with Crippen LogP contribution in [0.5, 0.6) is 0 Å². The van der Waals surface area contributed by atoms with E-state index in [4.69, 9.17) is 4.74 Å². The van der Waals surface area contributed by atoms with Gasteiger partial charge in [0.25, 0.3) is 0 Å². The summed E-state index contributed by atoms with van der Waals surface area (Å²) in [5, 5.41) is 7.80. The molecule has 1 saturated heterocycles. The van der Waals surface area contributed by atoms with E-state index in [9.17, 15) is 0 Å². The smallest absolute Gasteiger partial charge is 0.133 e. The summed E-state index contributed by atoms with van der Waals surface area (Å²) in [6, 6.07) is 14.8. The zero-order valence-electron chi connectivity index (χ0n) is 15.4. The highest BCUT2D eigenvalue weighted by molar-refractivity contribution is 5.47. The molecule has 0 radical (unpaired) electrons. The zero-order valence-corrected chi connectivity index (χ0v) is 15.4. The Morgan fingerprint density at radius 1 is 0.926 bits per heavy atom. The van der Waals surface area contributed by atoms with Crippen molar-refractivity contribution < 1.29 is 4.74 Å². The topological polar surface area (TPSA) is 55.2 Å². The van der Waals surface area contributed by atoms with E-state index in [2.05, 4.69) is 50.6 Å². The molecule has 3 aromatic rings. The summed E-state index contributed by atoms with van der Waals surface area (Å²) in [5.74, 6) is 1.07. The Bertz CT molecular complexity index is 826. The number of morpholine rings is 1. The van der Waals surface area contributed by atoms with Crippen molar-refractivity contribution in [2.75, 3.05) is 31.2 Å². The van der Waals surface area contributed by atoms with Crippen LogP contribution in [0.2, 0.25) is 0 Å². The van der Waals surface area contributed by atoms with Crippen molar-refractivity contribution in [2.45, 2.75) is 19.6 Å². The molecule has 1 N–H and O–H groups in total. The van der Waals surface area contributed by atoms with E-state index in [0.717, 1.165) is 51.8 Å². The van der Waals surface area contributed by atoms with Gasteiger partial charge in [0.2, 0.25) is 0 Å². The number of hydrogen-bond acceptors (Lipinski definition) is 5. The fourth-order valence-corrected chi connectivity index (χ4v) is 3.31. The van der Waals surface area contributed by atoms with E-state index in [0.29, 0.717) is 0 Å². The molecule has 6 nitrogen and oxygen atoms in total. The molecule has 27 heavy (non-hydrogen) atoms. The molecular weight excluding hydrogens is 338 g/mol. The van der Waals surface area contributed by atoms with Crippen molar-refractivity contribution in [3.63, 3.8) is 0 Å². The Balaban J connectivity index is 1.32.